The number of aliphatic hydroxyl groups excluding tert-OH is 1. The quantitative estimate of drug-likeness (QED) is 0.818. The maximum absolute atomic E-state index is 12.6. The van der Waals surface area contributed by atoms with Crippen molar-refractivity contribution in [1.29, 1.82) is 0 Å². The van der Waals surface area contributed by atoms with E-state index in [0.717, 1.165) is 10.9 Å². The molecule has 0 aliphatic rings. The number of rotatable bonds is 3. The van der Waals surface area contributed by atoms with Crippen molar-refractivity contribution in [3.05, 3.63) is 16.4 Å². The van der Waals surface area contributed by atoms with Gasteiger partial charge in [-0.3, -0.25) is 4.68 Å². The van der Waals surface area contributed by atoms with E-state index in [4.69, 9.17) is 0 Å². The molecule has 1 rings (SSSR count). The van der Waals surface area contributed by atoms with Gasteiger partial charge in [0.1, 0.15) is 6.10 Å². The van der Waals surface area contributed by atoms with E-state index in [0.29, 0.717) is 0 Å². The summed E-state index contributed by atoms with van der Waals surface area (Å²) >= 11 is 2.81. The number of hydrogen-bond acceptors (Lipinski definition) is 2. The van der Waals surface area contributed by atoms with Gasteiger partial charge in [0.05, 0.1) is 16.4 Å². The van der Waals surface area contributed by atoms with Gasteiger partial charge < -0.3 is 5.11 Å². The zero-order valence-electron chi connectivity index (χ0n) is 10.3. The maximum atomic E-state index is 12.6. The average molecular weight is 369 g/mol. The first-order valence-electron chi connectivity index (χ1n) is 5.41. The molecule has 1 unspecified atom stereocenters. The Labute approximate surface area is 118 Å². The Hall–Kier alpha value is -0.770. The van der Waals surface area contributed by atoms with Crippen LogP contribution in [0.15, 0.2) is 10.7 Å². The fourth-order valence-corrected chi connectivity index (χ4v) is 2.25. The van der Waals surface area contributed by atoms with Crippen molar-refractivity contribution in [1.82, 2.24) is 9.78 Å². The summed E-state index contributed by atoms with van der Waals surface area (Å²) in [5, 5.41) is 13.3. The predicted octanol–water partition coefficient (Wildman–Crippen LogP) is 4.00. The van der Waals surface area contributed by atoms with Crippen LogP contribution in [0.5, 0.6) is 0 Å². The van der Waals surface area contributed by atoms with Gasteiger partial charge in [0.15, 0.2) is 5.92 Å². The van der Waals surface area contributed by atoms with Gasteiger partial charge in [-0.15, -0.1) is 0 Å². The molecule has 0 amide bonds. The Morgan fingerprint density at radius 2 is 1.60 bits per heavy atom. The van der Waals surface area contributed by atoms with Gasteiger partial charge in [-0.25, -0.2) is 0 Å². The zero-order valence-corrected chi connectivity index (χ0v) is 11.9. The molecule has 116 valence electrons. The minimum atomic E-state index is -5.62. The van der Waals surface area contributed by atoms with Crippen LogP contribution in [0.1, 0.15) is 31.7 Å². The molecule has 0 fully saturated rings. The minimum absolute atomic E-state index is 0.114. The molecule has 20 heavy (non-hydrogen) atoms. The number of alkyl halides is 6. The monoisotopic (exact) mass is 368 g/mol. The Morgan fingerprint density at radius 1 is 1.15 bits per heavy atom. The summed E-state index contributed by atoms with van der Waals surface area (Å²) in [6, 6.07) is -0.506. The molecular formula is C10H11BrF6N2O. The molecule has 0 radical (unpaired) electrons. The molecule has 1 heterocycles. The van der Waals surface area contributed by atoms with E-state index < -0.39 is 36.1 Å². The number of nitrogens with zero attached hydrogens (tertiary/aromatic N) is 2. The van der Waals surface area contributed by atoms with Crippen LogP contribution in [0.3, 0.4) is 0 Å². The molecule has 1 atom stereocenters. The van der Waals surface area contributed by atoms with Crippen LogP contribution < -0.4 is 0 Å². The van der Waals surface area contributed by atoms with Gasteiger partial charge >= 0.3 is 12.4 Å². The highest BCUT2D eigenvalue weighted by molar-refractivity contribution is 9.10. The average Bonchev–Trinajstić information content (AvgIpc) is 2.55. The van der Waals surface area contributed by atoms with Crippen molar-refractivity contribution in [3.8, 4) is 0 Å². The standard InChI is InChI=1S/C10H11BrF6N2O/c1-4(2)19-6(5(11)3-18-19)7(20)8(9(12,13)14)10(15,16)17/h3-4,7-8,20H,1-2H3. The van der Waals surface area contributed by atoms with Gasteiger partial charge in [0.25, 0.3) is 0 Å². The lowest BCUT2D eigenvalue weighted by Gasteiger charge is -2.28. The summed E-state index contributed by atoms with van der Waals surface area (Å²) in [6.07, 6.45) is -13.0. The van der Waals surface area contributed by atoms with Crippen LogP contribution in [-0.2, 0) is 0 Å². The van der Waals surface area contributed by atoms with Crippen molar-refractivity contribution < 1.29 is 31.4 Å². The second-order valence-electron chi connectivity index (χ2n) is 4.42. The molecule has 3 nitrogen and oxygen atoms in total. The molecule has 0 aliphatic heterocycles. The van der Waals surface area contributed by atoms with Crippen molar-refractivity contribution in [2.24, 2.45) is 5.92 Å². The van der Waals surface area contributed by atoms with E-state index in [1.165, 1.54) is 13.8 Å². The summed E-state index contributed by atoms with van der Waals surface area (Å²) in [7, 11) is 0. The first-order chi connectivity index (χ1) is 8.87. The normalized spacial score (nSPS) is 15.2. The zero-order chi connectivity index (χ0) is 15.9. The lowest BCUT2D eigenvalue weighted by atomic mass is 9.98. The summed E-state index contributed by atoms with van der Waals surface area (Å²) in [4.78, 5) is 0. The SMILES string of the molecule is CC(C)n1ncc(Br)c1C(O)C(C(F)(F)F)C(F)(F)F. The molecule has 0 saturated heterocycles. The Bertz CT molecular complexity index is 453. The number of halogens is 7. The molecule has 1 N–H and O–H groups in total. The van der Waals surface area contributed by atoms with Crippen molar-refractivity contribution in [3.63, 3.8) is 0 Å². The molecule has 0 aliphatic carbocycles. The van der Waals surface area contributed by atoms with E-state index in [-0.39, 0.29) is 4.47 Å². The van der Waals surface area contributed by atoms with Crippen molar-refractivity contribution in [2.75, 3.05) is 0 Å². The highest BCUT2D eigenvalue weighted by Gasteiger charge is 2.61. The second-order valence-corrected chi connectivity index (χ2v) is 5.28. The van der Waals surface area contributed by atoms with Gasteiger partial charge in [-0.2, -0.15) is 31.4 Å². The molecule has 0 aromatic carbocycles. The number of aromatic nitrogens is 2. The highest BCUT2D eigenvalue weighted by atomic mass is 79.9. The molecule has 10 heteroatoms. The lowest BCUT2D eigenvalue weighted by Crippen LogP contribution is -2.41. The number of hydrogen-bond donors (Lipinski definition) is 1. The fourth-order valence-electron chi connectivity index (χ4n) is 1.74. The first kappa shape index (κ1) is 17.3. The van der Waals surface area contributed by atoms with Crippen molar-refractivity contribution in [2.45, 2.75) is 38.3 Å². The molecule has 0 spiro atoms. The van der Waals surface area contributed by atoms with Crippen LogP contribution in [0, 0.1) is 5.92 Å². The third-order valence-electron chi connectivity index (χ3n) is 2.58. The van der Waals surface area contributed by atoms with E-state index in [1.807, 2.05) is 0 Å². The molecule has 0 saturated carbocycles. The summed E-state index contributed by atoms with van der Waals surface area (Å²) in [5.74, 6) is -3.87. The molecule has 1 aromatic heterocycles. The van der Waals surface area contributed by atoms with Gasteiger partial charge in [-0.1, -0.05) is 0 Å². The Morgan fingerprint density at radius 3 is 1.95 bits per heavy atom. The van der Waals surface area contributed by atoms with Crippen LogP contribution in [0.4, 0.5) is 26.3 Å². The molecule has 0 bridgehead atoms. The van der Waals surface area contributed by atoms with Gasteiger partial charge in [-0.05, 0) is 29.8 Å². The van der Waals surface area contributed by atoms with Crippen molar-refractivity contribution >= 4 is 15.9 Å². The Kier molecular flexibility index (Phi) is 4.79. The van der Waals surface area contributed by atoms with Gasteiger partial charge in [0.2, 0.25) is 0 Å². The van der Waals surface area contributed by atoms with Crippen LogP contribution in [-0.4, -0.2) is 27.2 Å². The number of aliphatic hydroxyl groups is 1. The Balaban J connectivity index is 3.34. The van der Waals surface area contributed by atoms with Gasteiger partial charge in [0, 0.05) is 6.04 Å². The van der Waals surface area contributed by atoms with E-state index in [2.05, 4.69) is 21.0 Å². The van der Waals surface area contributed by atoms with E-state index >= 15 is 0 Å². The van der Waals surface area contributed by atoms with E-state index in [1.54, 1.807) is 0 Å². The first-order valence-corrected chi connectivity index (χ1v) is 6.21. The van der Waals surface area contributed by atoms with Crippen LogP contribution >= 0.6 is 15.9 Å². The second kappa shape index (κ2) is 5.55. The largest absolute Gasteiger partial charge is 0.403 e. The third kappa shape index (κ3) is 3.46. The van der Waals surface area contributed by atoms with E-state index in [9.17, 15) is 31.4 Å². The summed E-state index contributed by atoms with van der Waals surface area (Å²) in [6.45, 7) is 3.04. The van der Waals surface area contributed by atoms with Crippen LogP contribution in [0.2, 0.25) is 0 Å². The maximum Gasteiger partial charge on any atom is 0.403 e. The predicted molar refractivity (Wildman–Crippen MR) is 60.9 cm³/mol. The third-order valence-corrected chi connectivity index (χ3v) is 3.19. The molecular weight excluding hydrogens is 358 g/mol. The smallest absolute Gasteiger partial charge is 0.386 e. The minimum Gasteiger partial charge on any atom is -0.386 e. The lowest BCUT2D eigenvalue weighted by molar-refractivity contribution is -0.308. The summed E-state index contributed by atoms with van der Waals surface area (Å²) in [5.41, 5.74) is -0.556. The molecule has 1 aromatic rings. The topological polar surface area (TPSA) is 38.0 Å². The highest BCUT2D eigenvalue weighted by Crippen LogP contribution is 2.47. The van der Waals surface area contributed by atoms with Crippen LogP contribution in [0.25, 0.3) is 0 Å². The summed E-state index contributed by atoms with van der Waals surface area (Å²) < 4.78 is 76.4. The fraction of sp³-hybridized carbons (Fsp3) is 0.700.